The fourth-order valence-electron chi connectivity index (χ4n) is 4.05. The lowest BCUT2D eigenvalue weighted by atomic mass is 9.95. The van der Waals surface area contributed by atoms with Gasteiger partial charge in [0, 0.05) is 10.0 Å². The van der Waals surface area contributed by atoms with Gasteiger partial charge in [-0.3, -0.25) is 9.36 Å². The molecule has 0 radical (unpaired) electrons. The van der Waals surface area contributed by atoms with Crippen molar-refractivity contribution < 1.29 is 19.0 Å². The Hall–Kier alpha value is -3.17. The van der Waals surface area contributed by atoms with Crippen LogP contribution in [0.1, 0.15) is 44.9 Å². The molecule has 9 heteroatoms. The number of carbonyl (C=O) groups is 1. The first-order valence-corrected chi connectivity index (χ1v) is 13.1. The van der Waals surface area contributed by atoms with Crippen molar-refractivity contribution in [1.82, 2.24) is 4.57 Å². The molecular formula is C27H27BrN2O5S. The van der Waals surface area contributed by atoms with Crippen LogP contribution in [-0.4, -0.2) is 30.4 Å². The Morgan fingerprint density at radius 2 is 2.03 bits per heavy atom. The Kier molecular flexibility index (Phi) is 7.80. The quantitative estimate of drug-likeness (QED) is 0.394. The second kappa shape index (κ2) is 10.8. The van der Waals surface area contributed by atoms with Crippen molar-refractivity contribution in [3.63, 3.8) is 0 Å². The van der Waals surface area contributed by atoms with Crippen LogP contribution in [-0.2, 0) is 9.53 Å². The lowest BCUT2D eigenvalue weighted by molar-refractivity contribution is -0.139. The number of methoxy groups -OCH3 is 1. The van der Waals surface area contributed by atoms with Crippen molar-refractivity contribution in [3.05, 3.63) is 89.0 Å². The summed E-state index contributed by atoms with van der Waals surface area (Å²) in [6.45, 7) is 7.63. The van der Waals surface area contributed by atoms with E-state index in [1.54, 1.807) is 31.6 Å². The molecule has 0 fully saturated rings. The average molecular weight is 571 g/mol. The van der Waals surface area contributed by atoms with Crippen molar-refractivity contribution in [2.24, 2.45) is 4.99 Å². The fraction of sp³-hybridized carbons (Fsp3) is 0.296. The normalized spacial score (nSPS) is 15.5. The molecule has 0 N–H and O–H groups in total. The first-order valence-electron chi connectivity index (χ1n) is 11.5. The highest BCUT2D eigenvalue weighted by Crippen LogP contribution is 2.32. The molecule has 0 amide bonds. The van der Waals surface area contributed by atoms with E-state index in [2.05, 4.69) is 20.9 Å². The van der Waals surface area contributed by atoms with E-state index < -0.39 is 12.0 Å². The van der Waals surface area contributed by atoms with Gasteiger partial charge in [0.25, 0.3) is 5.56 Å². The molecule has 1 aliphatic heterocycles. The number of hydrogen-bond acceptors (Lipinski definition) is 7. The van der Waals surface area contributed by atoms with Gasteiger partial charge < -0.3 is 14.2 Å². The maximum atomic E-state index is 13.8. The van der Waals surface area contributed by atoms with Gasteiger partial charge in [0.15, 0.2) is 4.80 Å². The van der Waals surface area contributed by atoms with E-state index in [1.165, 1.54) is 11.3 Å². The molecule has 2 heterocycles. The Labute approximate surface area is 221 Å². The zero-order chi connectivity index (χ0) is 26.0. The van der Waals surface area contributed by atoms with Gasteiger partial charge in [-0.05, 0) is 69.7 Å². The molecule has 1 aliphatic rings. The van der Waals surface area contributed by atoms with E-state index in [1.807, 2.05) is 56.3 Å². The molecule has 0 saturated heterocycles. The Balaban J connectivity index is 1.96. The number of benzene rings is 2. The van der Waals surface area contributed by atoms with E-state index in [0.29, 0.717) is 32.1 Å². The van der Waals surface area contributed by atoms with Crippen molar-refractivity contribution in [1.29, 1.82) is 0 Å². The fourth-order valence-corrected chi connectivity index (χ4v) is 5.47. The van der Waals surface area contributed by atoms with Crippen molar-refractivity contribution in [2.45, 2.75) is 39.8 Å². The summed E-state index contributed by atoms with van der Waals surface area (Å²) in [4.78, 5) is 32.0. The van der Waals surface area contributed by atoms with Crippen LogP contribution in [0.15, 0.2) is 68.0 Å². The first kappa shape index (κ1) is 25.9. The largest absolute Gasteiger partial charge is 0.497 e. The number of aromatic nitrogens is 1. The number of fused-ring (bicyclic) bond motifs is 1. The van der Waals surface area contributed by atoms with Crippen LogP contribution in [0.2, 0.25) is 0 Å². The summed E-state index contributed by atoms with van der Waals surface area (Å²) in [6, 6.07) is 12.3. The second-order valence-electron chi connectivity index (χ2n) is 8.43. The van der Waals surface area contributed by atoms with Gasteiger partial charge in [0.05, 0.1) is 41.7 Å². The number of carbonyl (C=O) groups excluding carboxylic acids is 1. The average Bonchev–Trinajstić information content (AvgIpc) is 3.14. The van der Waals surface area contributed by atoms with Gasteiger partial charge >= 0.3 is 5.97 Å². The summed E-state index contributed by atoms with van der Waals surface area (Å²) in [7, 11) is 1.58. The predicted molar refractivity (Wildman–Crippen MR) is 143 cm³/mol. The highest BCUT2D eigenvalue weighted by molar-refractivity contribution is 9.10. The Bertz CT molecular complexity index is 1520. The number of ether oxygens (including phenoxy) is 3. The van der Waals surface area contributed by atoms with Gasteiger partial charge in [-0.2, -0.15) is 0 Å². The number of thiazole rings is 1. The van der Waals surface area contributed by atoms with Gasteiger partial charge in [0.2, 0.25) is 0 Å². The van der Waals surface area contributed by atoms with Crippen LogP contribution < -0.4 is 24.4 Å². The first-order chi connectivity index (χ1) is 17.2. The number of hydrogen-bond donors (Lipinski definition) is 0. The molecule has 0 aliphatic carbocycles. The van der Waals surface area contributed by atoms with E-state index >= 15 is 0 Å². The molecule has 1 atom stereocenters. The third kappa shape index (κ3) is 5.17. The molecule has 3 aromatic rings. The van der Waals surface area contributed by atoms with Gasteiger partial charge in [0.1, 0.15) is 11.5 Å². The highest BCUT2D eigenvalue weighted by atomic mass is 79.9. The zero-order valence-electron chi connectivity index (χ0n) is 20.7. The van der Waals surface area contributed by atoms with Gasteiger partial charge in [-0.25, -0.2) is 9.79 Å². The second-order valence-corrected chi connectivity index (χ2v) is 10.4. The van der Waals surface area contributed by atoms with Crippen LogP contribution in [0.25, 0.3) is 6.08 Å². The van der Waals surface area contributed by atoms with E-state index in [4.69, 9.17) is 14.2 Å². The summed E-state index contributed by atoms with van der Waals surface area (Å²) < 4.78 is 19.6. The standard InChI is InChI=1S/C27H27BrN2O5S/c1-6-34-26(32)23-16(4)29-27-30(24(23)17-8-7-9-20(13-17)33-5)25(31)22(36-27)14-18-12-19(28)10-11-21(18)35-15(2)3/h7-15,24H,6H2,1-5H3/b22-14+/t24-/m0/s1. The van der Waals surface area contributed by atoms with Crippen LogP contribution in [0.4, 0.5) is 0 Å². The van der Waals surface area contributed by atoms with Crippen LogP contribution in [0.3, 0.4) is 0 Å². The molecule has 188 valence electrons. The third-order valence-corrected chi connectivity index (χ3v) is 7.02. The Morgan fingerprint density at radius 1 is 1.25 bits per heavy atom. The van der Waals surface area contributed by atoms with Crippen LogP contribution in [0.5, 0.6) is 11.5 Å². The van der Waals surface area contributed by atoms with E-state index in [-0.39, 0.29) is 18.3 Å². The molecule has 4 rings (SSSR count). The topological polar surface area (TPSA) is 79.1 Å². The lowest BCUT2D eigenvalue weighted by Gasteiger charge is -2.25. The number of halogens is 1. The smallest absolute Gasteiger partial charge is 0.338 e. The number of nitrogens with zero attached hydrogens (tertiary/aromatic N) is 2. The molecule has 36 heavy (non-hydrogen) atoms. The lowest BCUT2D eigenvalue weighted by Crippen LogP contribution is -2.39. The summed E-state index contributed by atoms with van der Waals surface area (Å²) in [6.07, 6.45) is 1.78. The van der Waals surface area contributed by atoms with Gasteiger partial charge in [-0.1, -0.05) is 39.4 Å². The summed E-state index contributed by atoms with van der Waals surface area (Å²) >= 11 is 4.78. The van der Waals surface area contributed by atoms with E-state index in [0.717, 1.165) is 15.6 Å². The molecule has 7 nitrogen and oxygen atoms in total. The highest BCUT2D eigenvalue weighted by Gasteiger charge is 2.33. The van der Waals surface area contributed by atoms with Crippen LogP contribution >= 0.6 is 27.3 Å². The van der Waals surface area contributed by atoms with Crippen molar-refractivity contribution >= 4 is 39.3 Å². The predicted octanol–water partition coefficient (Wildman–Crippen LogP) is 4.36. The SMILES string of the molecule is CCOC(=O)C1=C(C)N=c2s/c(=C/c3cc(Br)ccc3OC(C)C)c(=O)n2[C@H]1c1cccc(OC)c1. The molecule has 0 saturated carbocycles. The number of esters is 1. The summed E-state index contributed by atoms with van der Waals surface area (Å²) in [5.74, 6) is 0.796. The minimum atomic E-state index is -0.702. The molecule has 2 aromatic carbocycles. The van der Waals surface area contributed by atoms with E-state index in [9.17, 15) is 9.59 Å². The van der Waals surface area contributed by atoms with Crippen molar-refractivity contribution in [3.8, 4) is 11.5 Å². The number of rotatable bonds is 7. The number of allylic oxidation sites excluding steroid dienone is 1. The molecule has 0 unspecified atom stereocenters. The molecule has 0 bridgehead atoms. The maximum absolute atomic E-state index is 13.8. The summed E-state index contributed by atoms with van der Waals surface area (Å²) in [5.41, 5.74) is 2.08. The Morgan fingerprint density at radius 3 is 2.72 bits per heavy atom. The van der Waals surface area contributed by atoms with Gasteiger partial charge in [-0.15, -0.1) is 0 Å². The van der Waals surface area contributed by atoms with Crippen molar-refractivity contribution in [2.75, 3.05) is 13.7 Å². The van der Waals surface area contributed by atoms with Crippen LogP contribution in [0, 0.1) is 0 Å². The monoisotopic (exact) mass is 570 g/mol. The zero-order valence-corrected chi connectivity index (χ0v) is 23.1. The minimum absolute atomic E-state index is 0.0256. The molecular weight excluding hydrogens is 544 g/mol. The minimum Gasteiger partial charge on any atom is -0.497 e. The summed E-state index contributed by atoms with van der Waals surface area (Å²) in [5, 5.41) is 0. The molecule has 1 aromatic heterocycles. The maximum Gasteiger partial charge on any atom is 0.338 e. The third-order valence-electron chi connectivity index (χ3n) is 5.55. The molecule has 0 spiro atoms.